The fourth-order valence-corrected chi connectivity index (χ4v) is 1.52. The lowest BCUT2D eigenvalue weighted by Crippen LogP contribution is -2.13. The van der Waals surface area contributed by atoms with Crippen molar-refractivity contribution in [2.75, 3.05) is 0 Å². The highest BCUT2D eigenvalue weighted by Gasteiger charge is 2.08. The highest BCUT2D eigenvalue weighted by atomic mass is 16.1. The van der Waals surface area contributed by atoms with Gasteiger partial charge in [-0.2, -0.15) is 0 Å². The van der Waals surface area contributed by atoms with Gasteiger partial charge < -0.3 is 10.8 Å². The molecule has 1 aromatic heterocycles. The van der Waals surface area contributed by atoms with Crippen LogP contribution in [0.25, 0.3) is 0 Å². The van der Waals surface area contributed by atoms with Crippen LogP contribution < -0.4 is 11.3 Å². The van der Waals surface area contributed by atoms with Gasteiger partial charge in [-0.25, -0.2) is 0 Å². The van der Waals surface area contributed by atoms with E-state index < -0.39 is 0 Å². The molecule has 1 aromatic carbocycles. The number of benzene rings is 1. The molecule has 0 aliphatic rings. The molecule has 1 atom stereocenters. The SMILES string of the molecule is NC(Cc1ccccc1)c1cc(=O)[nH][nH]1. The average Bonchev–Trinajstić information content (AvgIpc) is 2.66. The van der Waals surface area contributed by atoms with Crippen LogP contribution in [0.5, 0.6) is 0 Å². The summed E-state index contributed by atoms with van der Waals surface area (Å²) in [5.41, 5.74) is 7.70. The normalized spacial score (nSPS) is 12.6. The van der Waals surface area contributed by atoms with E-state index in [4.69, 9.17) is 5.73 Å². The first-order valence-corrected chi connectivity index (χ1v) is 4.83. The lowest BCUT2D eigenvalue weighted by atomic mass is 10.0. The molecule has 2 aromatic rings. The van der Waals surface area contributed by atoms with E-state index in [9.17, 15) is 4.79 Å². The van der Waals surface area contributed by atoms with Crippen molar-refractivity contribution in [1.82, 2.24) is 10.2 Å². The first-order chi connectivity index (χ1) is 7.25. The molecule has 0 amide bonds. The summed E-state index contributed by atoms with van der Waals surface area (Å²) in [7, 11) is 0. The number of aromatic nitrogens is 2. The number of H-pyrrole nitrogens is 2. The van der Waals surface area contributed by atoms with Crippen LogP contribution in [-0.4, -0.2) is 10.2 Å². The third-order valence-electron chi connectivity index (χ3n) is 2.31. The monoisotopic (exact) mass is 203 g/mol. The molecule has 0 saturated carbocycles. The molecule has 0 spiro atoms. The molecule has 4 N–H and O–H groups in total. The zero-order valence-corrected chi connectivity index (χ0v) is 8.23. The zero-order chi connectivity index (χ0) is 10.7. The zero-order valence-electron chi connectivity index (χ0n) is 8.23. The molecule has 15 heavy (non-hydrogen) atoms. The van der Waals surface area contributed by atoms with Crippen molar-refractivity contribution < 1.29 is 0 Å². The Morgan fingerprint density at radius 1 is 1.20 bits per heavy atom. The summed E-state index contributed by atoms with van der Waals surface area (Å²) in [4.78, 5) is 10.9. The van der Waals surface area contributed by atoms with Gasteiger partial charge in [-0.3, -0.25) is 9.89 Å². The van der Waals surface area contributed by atoms with Crippen molar-refractivity contribution in [2.45, 2.75) is 12.5 Å². The Morgan fingerprint density at radius 3 is 2.53 bits per heavy atom. The topological polar surface area (TPSA) is 74.7 Å². The van der Waals surface area contributed by atoms with Gasteiger partial charge in [0.1, 0.15) is 0 Å². The van der Waals surface area contributed by atoms with Gasteiger partial charge in [-0.05, 0) is 12.0 Å². The van der Waals surface area contributed by atoms with Crippen LogP contribution in [0.4, 0.5) is 0 Å². The van der Waals surface area contributed by atoms with Crippen LogP contribution in [0.2, 0.25) is 0 Å². The van der Waals surface area contributed by atoms with Crippen LogP contribution in [0.1, 0.15) is 17.3 Å². The Morgan fingerprint density at radius 2 is 1.93 bits per heavy atom. The van der Waals surface area contributed by atoms with Crippen molar-refractivity contribution >= 4 is 0 Å². The van der Waals surface area contributed by atoms with Crippen molar-refractivity contribution in [1.29, 1.82) is 0 Å². The number of hydrogen-bond acceptors (Lipinski definition) is 2. The molecule has 0 aliphatic carbocycles. The minimum absolute atomic E-state index is 0.145. The molecule has 4 nitrogen and oxygen atoms in total. The largest absolute Gasteiger partial charge is 0.322 e. The Hall–Kier alpha value is -1.81. The molecule has 0 radical (unpaired) electrons. The van der Waals surface area contributed by atoms with E-state index in [1.807, 2.05) is 30.3 Å². The lowest BCUT2D eigenvalue weighted by Gasteiger charge is -2.08. The fraction of sp³-hybridized carbons (Fsp3) is 0.182. The molecule has 0 saturated heterocycles. The van der Waals surface area contributed by atoms with Crippen LogP contribution >= 0.6 is 0 Å². The maximum Gasteiger partial charge on any atom is 0.264 e. The third-order valence-corrected chi connectivity index (χ3v) is 2.31. The molecule has 0 fully saturated rings. The minimum Gasteiger partial charge on any atom is -0.322 e. The summed E-state index contributed by atoms with van der Waals surface area (Å²) >= 11 is 0. The summed E-state index contributed by atoms with van der Waals surface area (Å²) in [5.74, 6) is 0. The molecule has 2 rings (SSSR count). The van der Waals surface area contributed by atoms with Crippen LogP contribution in [0.3, 0.4) is 0 Å². The molecule has 1 heterocycles. The quantitative estimate of drug-likeness (QED) is 0.694. The minimum atomic E-state index is -0.175. The highest BCUT2D eigenvalue weighted by molar-refractivity contribution is 5.18. The molecule has 1 unspecified atom stereocenters. The number of rotatable bonds is 3. The number of nitrogens with one attached hydrogen (secondary N) is 2. The Labute approximate surface area is 87.1 Å². The average molecular weight is 203 g/mol. The maximum atomic E-state index is 10.9. The first-order valence-electron chi connectivity index (χ1n) is 4.83. The van der Waals surface area contributed by atoms with Gasteiger partial charge in [0, 0.05) is 6.07 Å². The fourth-order valence-electron chi connectivity index (χ4n) is 1.52. The maximum absolute atomic E-state index is 10.9. The van der Waals surface area contributed by atoms with E-state index in [-0.39, 0.29) is 11.6 Å². The van der Waals surface area contributed by atoms with Gasteiger partial charge in [-0.15, -0.1) is 0 Å². The summed E-state index contributed by atoms with van der Waals surface area (Å²) < 4.78 is 0. The number of nitrogens with two attached hydrogens (primary N) is 1. The predicted molar refractivity (Wildman–Crippen MR) is 58.5 cm³/mol. The van der Waals surface area contributed by atoms with E-state index in [0.29, 0.717) is 6.42 Å². The number of aromatic amines is 2. The standard InChI is InChI=1S/C11H13N3O/c12-9(10-7-11(15)14-13-10)6-8-4-2-1-3-5-8/h1-5,7,9H,6,12H2,(H2,13,14,15). The summed E-state index contributed by atoms with van der Waals surface area (Å²) in [6, 6.07) is 11.3. The van der Waals surface area contributed by atoms with E-state index in [0.717, 1.165) is 11.3 Å². The van der Waals surface area contributed by atoms with Gasteiger partial charge in [0.05, 0.1) is 11.7 Å². The molecular formula is C11H13N3O. The molecule has 0 bridgehead atoms. The second-order valence-corrected chi connectivity index (χ2v) is 3.51. The van der Waals surface area contributed by atoms with Crippen LogP contribution in [0.15, 0.2) is 41.2 Å². The van der Waals surface area contributed by atoms with E-state index >= 15 is 0 Å². The van der Waals surface area contributed by atoms with Crippen molar-refractivity contribution in [3.05, 3.63) is 58.0 Å². The van der Waals surface area contributed by atoms with E-state index in [2.05, 4.69) is 10.2 Å². The van der Waals surface area contributed by atoms with Crippen LogP contribution in [-0.2, 0) is 6.42 Å². The molecule has 78 valence electrons. The Balaban J connectivity index is 2.10. The molecular weight excluding hydrogens is 190 g/mol. The highest BCUT2D eigenvalue weighted by Crippen LogP contribution is 2.11. The Kier molecular flexibility index (Phi) is 2.69. The van der Waals surface area contributed by atoms with Crippen molar-refractivity contribution in [2.24, 2.45) is 5.73 Å². The molecule has 4 heteroatoms. The van der Waals surface area contributed by atoms with Crippen molar-refractivity contribution in [3.8, 4) is 0 Å². The lowest BCUT2D eigenvalue weighted by molar-refractivity contribution is 0.692. The predicted octanol–water partition coefficient (Wildman–Crippen LogP) is 0.945. The van der Waals surface area contributed by atoms with Gasteiger partial charge in [0.25, 0.3) is 5.56 Å². The van der Waals surface area contributed by atoms with E-state index in [1.54, 1.807) is 0 Å². The first kappa shape index (κ1) is 9.73. The second kappa shape index (κ2) is 4.14. The van der Waals surface area contributed by atoms with Gasteiger partial charge in [-0.1, -0.05) is 30.3 Å². The third kappa shape index (κ3) is 2.35. The smallest absolute Gasteiger partial charge is 0.264 e. The second-order valence-electron chi connectivity index (χ2n) is 3.51. The summed E-state index contributed by atoms with van der Waals surface area (Å²) in [6.45, 7) is 0. The van der Waals surface area contributed by atoms with Crippen molar-refractivity contribution in [3.63, 3.8) is 0 Å². The van der Waals surface area contributed by atoms with Crippen LogP contribution in [0, 0.1) is 0 Å². The summed E-state index contributed by atoms with van der Waals surface area (Å²) in [6.07, 6.45) is 0.717. The van der Waals surface area contributed by atoms with Gasteiger partial charge >= 0.3 is 0 Å². The summed E-state index contributed by atoms with van der Waals surface area (Å²) in [5, 5.41) is 5.24. The van der Waals surface area contributed by atoms with Gasteiger partial charge in [0.15, 0.2) is 0 Å². The van der Waals surface area contributed by atoms with E-state index in [1.165, 1.54) is 6.07 Å². The molecule has 0 aliphatic heterocycles. The van der Waals surface area contributed by atoms with Gasteiger partial charge in [0.2, 0.25) is 0 Å². The Bertz CT molecular complexity index is 472. The number of hydrogen-bond donors (Lipinski definition) is 3.